The monoisotopic (exact) mass is 200 g/mol. The van der Waals surface area contributed by atoms with E-state index in [9.17, 15) is 4.79 Å². The predicted octanol–water partition coefficient (Wildman–Crippen LogP) is -1.08. The van der Waals surface area contributed by atoms with Crippen molar-refractivity contribution in [3.8, 4) is 0 Å². The first-order chi connectivity index (χ1) is 6.83. The molecule has 0 saturated carbocycles. The van der Waals surface area contributed by atoms with E-state index < -0.39 is 0 Å². The minimum Gasteiger partial charge on any atom is -0.394 e. The Bertz CT molecular complexity index is 214. The number of hydrogen-bond donors (Lipinski definition) is 2. The second-order valence-corrected chi connectivity index (χ2v) is 3.76. The minimum atomic E-state index is -0.174. The zero-order chi connectivity index (χ0) is 9.97. The van der Waals surface area contributed by atoms with E-state index in [-0.39, 0.29) is 31.3 Å². The van der Waals surface area contributed by atoms with Gasteiger partial charge < -0.3 is 14.7 Å². The van der Waals surface area contributed by atoms with E-state index in [1.54, 1.807) is 4.90 Å². The van der Waals surface area contributed by atoms with Gasteiger partial charge in [0.15, 0.2) is 0 Å². The lowest BCUT2D eigenvalue weighted by atomic mass is 10.2. The smallest absolute Gasteiger partial charge is 0.250 e. The molecule has 2 heterocycles. The molecule has 0 aliphatic carbocycles. The second-order valence-electron chi connectivity index (χ2n) is 3.76. The molecule has 14 heavy (non-hydrogen) atoms. The maximum absolute atomic E-state index is 11.6. The third-order valence-electron chi connectivity index (χ3n) is 2.80. The fraction of sp³-hybridized carbons (Fsp3) is 0.889. The Balaban J connectivity index is 2.06. The molecule has 5 heteroatoms. The first kappa shape index (κ1) is 9.89. The van der Waals surface area contributed by atoms with Crippen LogP contribution in [-0.2, 0) is 9.53 Å². The number of aliphatic hydroxyl groups excluding tert-OH is 1. The molecule has 0 aromatic carbocycles. The van der Waals surface area contributed by atoms with Gasteiger partial charge in [-0.1, -0.05) is 0 Å². The summed E-state index contributed by atoms with van der Waals surface area (Å²) in [6.45, 7) is 1.52. The number of carbonyl (C=O) groups excluding carboxylic acids is 1. The highest BCUT2D eigenvalue weighted by Crippen LogP contribution is 2.17. The highest BCUT2D eigenvalue weighted by molar-refractivity contribution is 5.78. The van der Waals surface area contributed by atoms with Crippen LogP contribution in [0.5, 0.6) is 0 Å². The molecule has 0 aromatic rings. The summed E-state index contributed by atoms with van der Waals surface area (Å²) in [4.78, 5) is 13.3. The summed E-state index contributed by atoms with van der Waals surface area (Å²) < 4.78 is 5.10. The second kappa shape index (κ2) is 4.25. The van der Waals surface area contributed by atoms with Crippen LogP contribution in [0.15, 0.2) is 0 Å². The van der Waals surface area contributed by atoms with Gasteiger partial charge in [0.05, 0.1) is 25.4 Å². The van der Waals surface area contributed by atoms with Crippen molar-refractivity contribution in [1.82, 2.24) is 10.2 Å². The van der Waals surface area contributed by atoms with Gasteiger partial charge in [-0.05, 0) is 19.4 Å². The minimum absolute atomic E-state index is 0.0188. The zero-order valence-electron chi connectivity index (χ0n) is 8.11. The quantitative estimate of drug-likeness (QED) is 0.595. The maximum Gasteiger partial charge on any atom is 0.250 e. The van der Waals surface area contributed by atoms with Crippen LogP contribution in [0.2, 0.25) is 0 Å². The summed E-state index contributed by atoms with van der Waals surface area (Å²) in [5, 5.41) is 12.4. The molecular weight excluding hydrogens is 184 g/mol. The van der Waals surface area contributed by atoms with Gasteiger partial charge in [0.25, 0.3) is 0 Å². The fourth-order valence-electron chi connectivity index (χ4n) is 2.11. The average molecular weight is 200 g/mol. The van der Waals surface area contributed by atoms with Gasteiger partial charge >= 0.3 is 0 Å². The number of aliphatic hydroxyl groups is 1. The Morgan fingerprint density at radius 2 is 2.50 bits per heavy atom. The van der Waals surface area contributed by atoms with Crippen LogP contribution in [0.4, 0.5) is 0 Å². The van der Waals surface area contributed by atoms with Gasteiger partial charge in [0.1, 0.15) is 6.61 Å². The summed E-state index contributed by atoms with van der Waals surface area (Å²) in [5.41, 5.74) is 0. The molecule has 0 bridgehead atoms. The lowest BCUT2D eigenvalue weighted by molar-refractivity contribution is -0.154. The standard InChI is InChI=1S/C9H16N2O3/c12-4-7-5-14-6-9(13)11(7)8-2-1-3-10-8/h7-8,10,12H,1-6H2. The highest BCUT2D eigenvalue weighted by atomic mass is 16.5. The predicted molar refractivity (Wildman–Crippen MR) is 49.6 cm³/mol. The molecule has 5 nitrogen and oxygen atoms in total. The number of ether oxygens (including phenoxy) is 1. The lowest BCUT2D eigenvalue weighted by Crippen LogP contribution is -2.58. The van der Waals surface area contributed by atoms with Crippen molar-refractivity contribution in [3.05, 3.63) is 0 Å². The molecule has 1 amide bonds. The van der Waals surface area contributed by atoms with Gasteiger partial charge in [-0.25, -0.2) is 0 Å². The number of rotatable bonds is 2. The summed E-state index contributed by atoms with van der Waals surface area (Å²) >= 11 is 0. The first-order valence-electron chi connectivity index (χ1n) is 5.06. The Morgan fingerprint density at radius 3 is 3.14 bits per heavy atom. The van der Waals surface area contributed by atoms with Crippen molar-refractivity contribution in [2.45, 2.75) is 25.0 Å². The Hall–Kier alpha value is -0.650. The first-order valence-corrected chi connectivity index (χ1v) is 5.06. The van der Waals surface area contributed by atoms with Crippen molar-refractivity contribution in [2.75, 3.05) is 26.4 Å². The molecule has 2 saturated heterocycles. The number of morpholine rings is 1. The van der Waals surface area contributed by atoms with E-state index >= 15 is 0 Å². The van der Waals surface area contributed by atoms with Gasteiger partial charge in [0, 0.05) is 0 Å². The Kier molecular flexibility index (Phi) is 3.00. The van der Waals surface area contributed by atoms with E-state index in [4.69, 9.17) is 9.84 Å². The molecular formula is C9H16N2O3. The SMILES string of the molecule is O=C1COCC(CO)N1C1CCCN1. The van der Waals surface area contributed by atoms with E-state index in [0.29, 0.717) is 6.61 Å². The molecule has 0 spiro atoms. The molecule has 0 aromatic heterocycles. The molecule has 2 fully saturated rings. The van der Waals surface area contributed by atoms with Crippen LogP contribution in [0.3, 0.4) is 0 Å². The topological polar surface area (TPSA) is 61.8 Å². The van der Waals surface area contributed by atoms with E-state index in [0.717, 1.165) is 19.4 Å². The zero-order valence-corrected chi connectivity index (χ0v) is 8.11. The van der Waals surface area contributed by atoms with Crippen molar-refractivity contribution in [2.24, 2.45) is 0 Å². The third kappa shape index (κ3) is 1.75. The van der Waals surface area contributed by atoms with Gasteiger partial charge in [0.2, 0.25) is 5.91 Å². The molecule has 2 aliphatic heterocycles. The van der Waals surface area contributed by atoms with E-state index in [2.05, 4.69) is 5.32 Å². The Morgan fingerprint density at radius 1 is 1.64 bits per heavy atom. The van der Waals surface area contributed by atoms with Crippen molar-refractivity contribution in [1.29, 1.82) is 0 Å². The average Bonchev–Trinajstić information content (AvgIpc) is 2.70. The third-order valence-corrected chi connectivity index (χ3v) is 2.80. The normalized spacial score (nSPS) is 33.8. The number of nitrogens with one attached hydrogen (secondary N) is 1. The van der Waals surface area contributed by atoms with Gasteiger partial charge in [-0.3, -0.25) is 10.1 Å². The van der Waals surface area contributed by atoms with Crippen LogP contribution >= 0.6 is 0 Å². The molecule has 2 rings (SSSR count). The van der Waals surface area contributed by atoms with Crippen LogP contribution in [0.25, 0.3) is 0 Å². The summed E-state index contributed by atoms with van der Waals surface area (Å²) in [5.74, 6) is -0.0188. The molecule has 80 valence electrons. The Labute approximate surface area is 83.0 Å². The molecule has 2 N–H and O–H groups in total. The highest BCUT2D eigenvalue weighted by Gasteiger charge is 2.34. The summed E-state index contributed by atoms with van der Waals surface area (Å²) in [6.07, 6.45) is 2.17. The van der Waals surface area contributed by atoms with Gasteiger partial charge in [-0.2, -0.15) is 0 Å². The van der Waals surface area contributed by atoms with Crippen molar-refractivity contribution >= 4 is 5.91 Å². The molecule has 2 atom stereocenters. The molecule has 2 aliphatic rings. The number of carbonyl (C=O) groups is 1. The van der Waals surface area contributed by atoms with E-state index in [1.165, 1.54) is 0 Å². The molecule has 0 radical (unpaired) electrons. The number of nitrogens with zero attached hydrogens (tertiary/aromatic N) is 1. The van der Waals surface area contributed by atoms with Crippen molar-refractivity contribution < 1.29 is 14.6 Å². The van der Waals surface area contributed by atoms with Crippen molar-refractivity contribution in [3.63, 3.8) is 0 Å². The fourth-order valence-corrected chi connectivity index (χ4v) is 2.11. The number of amides is 1. The van der Waals surface area contributed by atoms with Crippen LogP contribution < -0.4 is 5.32 Å². The van der Waals surface area contributed by atoms with Crippen LogP contribution in [0.1, 0.15) is 12.8 Å². The molecule has 2 unspecified atom stereocenters. The van der Waals surface area contributed by atoms with Gasteiger partial charge in [-0.15, -0.1) is 0 Å². The van der Waals surface area contributed by atoms with Crippen LogP contribution in [0, 0.1) is 0 Å². The maximum atomic E-state index is 11.6. The van der Waals surface area contributed by atoms with E-state index in [1.807, 2.05) is 0 Å². The lowest BCUT2D eigenvalue weighted by Gasteiger charge is -2.38. The number of hydrogen-bond acceptors (Lipinski definition) is 4. The largest absolute Gasteiger partial charge is 0.394 e. The summed E-state index contributed by atoms with van der Waals surface area (Å²) in [6, 6.07) is -0.174. The van der Waals surface area contributed by atoms with Crippen LogP contribution in [-0.4, -0.2) is 54.5 Å². The summed E-state index contributed by atoms with van der Waals surface area (Å²) in [7, 11) is 0.